The Balaban J connectivity index is 2.54. The van der Waals surface area contributed by atoms with Crippen LogP contribution in [0.25, 0.3) is 0 Å². The van der Waals surface area contributed by atoms with E-state index >= 15 is 0 Å². The first-order valence-electron chi connectivity index (χ1n) is 7.29. The van der Waals surface area contributed by atoms with Gasteiger partial charge in [0, 0.05) is 24.2 Å². The summed E-state index contributed by atoms with van der Waals surface area (Å²) >= 11 is 0. The second-order valence-electron chi connectivity index (χ2n) is 6.21. The van der Waals surface area contributed by atoms with Crippen LogP contribution >= 0.6 is 0 Å². The molecule has 0 aliphatic heterocycles. The van der Waals surface area contributed by atoms with Crippen molar-refractivity contribution in [3.63, 3.8) is 0 Å². The maximum absolute atomic E-state index is 5.43. The molecule has 0 radical (unpaired) electrons. The van der Waals surface area contributed by atoms with Crippen LogP contribution in [-0.4, -0.2) is 28.2 Å². The van der Waals surface area contributed by atoms with Gasteiger partial charge >= 0.3 is 0 Å². The van der Waals surface area contributed by atoms with Crippen molar-refractivity contribution in [3.8, 4) is 0 Å². The van der Waals surface area contributed by atoms with Crippen LogP contribution in [0.3, 0.4) is 0 Å². The molecule has 0 bridgehead atoms. The number of nitrogens with zero attached hydrogens (tertiary/aromatic N) is 2. The molecular formula is C15H29N3O. The molecule has 0 aliphatic rings. The minimum Gasteiger partial charge on any atom is -0.360 e. The highest BCUT2D eigenvalue weighted by Crippen LogP contribution is 2.12. The van der Waals surface area contributed by atoms with Crippen molar-refractivity contribution in [1.29, 1.82) is 0 Å². The Morgan fingerprint density at radius 3 is 2.58 bits per heavy atom. The average molecular weight is 267 g/mol. The third-order valence-electron chi connectivity index (χ3n) is 3.39. The van der Waals surface area contributed by atoms with Crippen molar-refractivity contribution < 1.29 is 4.52 Å². The number of hydrogen-bond acceptors (Lipinski definition) is 4. The molecule has 0 saturated carbocycles. The maximum atomic E-state index is 5.43. The fourth-order valence-electron chi connectivity index (χ4n) is 1.91. The van der Waals surface area contributed by atoms with Crippen LogP contribution in [0.2, 0.25) is 0 Å². The molecule has 0 fully saturated rings. The molecule has 4 heteroatoms. The van der Waals surface area contributed by atoms with E-state index in [1.165, 1.54) is 0 Å². The predicted octanol–water partition coefficient (Wildman–Crippen LogP) is 3.18. The largest absolute Gasteiger partial charge is 0.360 e. The molecule has 1 atom stereocenters. The summed E-state index contributed by atoms with van der Waals surface area (Å²) in [6, 6.07) is 2.63. The average Bonchev–Trinajstić information content (AvgIpc) is 2.79. The SMILES string of the molecule is CCC(C)N(CC)Cc1cc(CNC(C)(C)C)no1. The first-order valence-corrected chi connectivity index (χ1v) is 7.29. The highest BCUT2D eigenvalue weighted by molar-refractivity contribution is 5.05. The van der Waals surface area contributed by atoms with Crippen LogP contribution in [0.15, 0.2) is 10.6 Å². The molecule has 1 rings (SSSR count). The summed E-state index contributed by atoms with van der Waals surface area (Å²) in [5, 5.41) is 7.54. The van der Waals surface area contributed by atoms with Gasteiger partial charge in [0.05, 0.1) is 12.2 Å². The van der Waals surface area contributed by atoms with Gasteiger partial charge < -0.3 is 9.84 Å². The lowest BCUT2D eigenvalue weighted by Gasteiger charge is -2.25. The van der Waals surface area contributed by atoms with Crippen LogP contribution in [-0.2, 0) is 13.1 Å². The molecule has 0 spiro atoms. The lowest BCUT2D eigenvalue weighted by atomic mass is 10.1. The lowest BCUT2D eigenvalue weighted by Crippen LogP contribution is -2.35. The van der Waals surface area contributed by atoms with Gasteiger partial charge in [0.2, 0.25) is 0 Å². The van der Waals surface area contributed by atoms with Crippen LogP contribution < -0.4 is 5.32 Å². The number of rotatable bonds is 7. The van der Waals surface area contributed by atoms with E-state index in [2.05, 4.69) is 63.0 Å². The molecule has 4 nitrogen and oxygen atoms in total. The van der Waals surface area contributed by atoms with E-state index in [4.69, 9.17) is 4.52 Å². The maximum Gasteiger partial charge on any atom is 0.151 e. The van der Waals surface area contributed by atoms with Crippen LogP contribution in [0.4, 0.5) is 0 Å². The molecule has 0 aromatic carbocycles. The van der Waals surface area contributed by atoms with Gasteiger partial charge in [0.15, 0.2) is 5.76 Å². The molecular weight excluding hydrogens is 238 g/mol. The Labute approximate surface area is 117 Å². The van der Waals surface area contributed by atoms with Gasteiger partial charge in [-0.15, -0.1) is 0 Å². The van der Waals surface area contributed by atoms with E-state index in [-0.39, 0.29) is 5.54 Å². The molecule has 19 heavy (non-hydrogen) atoms. The molecule has 0 aliphatic carbocycles. The van der Waals surface area contributed by atoms with E-state index in [9.17, 15) is 0 Å². The Bertz CT molecular complexity index is 368. The second-order valence-corrected chi connectivity index (χ2v) is 6.21. The highest BCUT2D eigenvalue weighted by Gasteiger charge is 2.15. The highest BCUT2D eigenvalue weighted by atomic mass is 16.5. The van der Waals surface area contributed by atoms with Crippen LogP contribution in [0.1, 0.15) is 59.4 Å². The normalized spacial score (nSPS) is 14.1. The summed E-state index contributed by atoms with van der Waals surface area (Å²) in [5.41, 5.74) is 1.08. The third kappa shape index (κ3) is 5.74. The fourth-order valence-corrected chi connectivity index (χ4v) is 1.91. The summed E-state index contributed by atoms with van der Waals surface area (Å²) in [6.07, 6.45) is 1.15. The van der Waals surface area contributed by atoms with E-state index in [0.29, 0.717) is 6.04 Å². The van der Waals surface area contributed by atoms with Crippen LogP contribution in [0, 0.1) is 0 Å². The van der Waals surface area contributed by atoms with Crippen LogP contribution in [0.5, 0.6) is 0 Å². The molecule has 0 saturated heterocycles. The monoisotopic (exact) mass is 267 g/mol. The number of nitrogens with one attached hydrogen (secondary N) is 1. The molecule has 1 heterocycles. The predicted molar refractivity (Wildman–Crippen MR) is 78.9 cm³/mol. The van der Waals surface area contributed by atoms with Crippen molar-refractivity contribution in [2.75, 3.05) is 6.54 Å². The summed E-state index contributed by atoms with van der Waals surface area (Å²) < 4.78 is 5.43. The van der Waals surface area contributed by atoms with Crippen molar-refractivity contribution in [1.82, 2.24) is 15.4 Å². The molecule has 1 aromatic rings. The van der Waals surface area contributed by atoms with Gasteiger partial charge in [0.25, 0.3) is 0 Å². The van der Waals surface area contributed by atoms with E-state index in [1.54, 1.807) is 0 Å². The molecule has 0 amide bonds. The first kappa shape index (κ1) is 16.2. The Morgan fingerprint density at radius 2 is 2.05 bits per heavy atom. The van der Waals surface area contributed by atoms with Gasteiger partial charge in [-0.1, -0.05) is 19.0 Å². The number of aromatic nitrogens is 1. The smallest absolute Gasteiger partial charge is 0.151 e. The minimum absolute atomic E-state index is 0.102. The van der Waals surface area contributed by atoms with E-state index < -0.39 is 0 Å². The summed E-state index contributed by atoms with van der Waals surface area (Å²) in [6.45, 7) is 15.7. The topological polar surface area (TPSA) is 41.3 Å². The van der Waals surface area contributed by atoms with Gasteiger partial charge in [-0.25, -0.2) is 0 Å². The van der Waals surface area contributed by atoms with Crippen molar-refractivity contribution in [3.05, 3.63) is 17.5 Å². The van der Waals surface area contributed by atoms with Gasteiger partial charge in [-0.2, -0.15) is 0 Å². The zero-order chi connectivity index (χ0) is 14.5. The second kappa shape index (κ2) is 7.06. The minimum atomic E-state index is 0.102. The summed E-state index contributed by atoms with van der Waals surface area (Å²) in [4.78, 5) is 2.40. The molecule has 1 unspecified atom stereocenters. The van der Waals surface area contributed by atoms with Gasteiger partial charge in [-0.05, 0) is 40.7 Å². The Hall–Kier alpha value is -0.870. The van der Waals surface area contributed by atoms with E-state index in [0.717, 1.165) is 37.5 Å². The lowest BCUT2D eigenvalue weighted by molar-refractivity contribution is 0.183. The van der Waals surface area contributed by atoms with Gasteiger partial charge in [0.1, 0.15) is 0 Å². The van der Waals surface area contributed by atoms with E-state index in [1.807, 2.05) is 0 Å². The van der Waals surface area contributed by atoms with Gasteiger partial charge in [-0.3, -0.25) is 4.90 Å². The standard InChI is InChI=1S/C15H29N3O/c1-7-12(3)18(8-2)11-14-9-13(17-19-14)10-16-15(4,5)6/h9,12,16H,7-8,10-11H2,1-6H3. The zero-order valence-corrected chi connectivity index (χ0v) is 13.3. The zero-order valence-electron chi connectivity index (χ0n) is 13.3. The summed E-state index contributed by atoms with van der Waals surface area (Å²) in [7, 11) is 0. The summed E-state index contributed by atoms with van der Waals surface area (Å²) in [5.74, 6) is 0.952. The molecule has 1 aromatic heterocycles. The Kier molecular flexibility index (Phi) is 6.01. The molecule has 110 valence electrons. The fraction of sp³-hybridized carbons (Fsp3) is 0.800. The molecule has 1 N–H and O–H groups in total. The quantitative estimate of drug-likeness (QED) is 0.824. The van der Waals surface area contributed by atoms with Crippen molar-refractivity contribution >= 4 is 0 Å². The van der Waals surface area contributed by atoms with Crippen molar-refractivity contribution in [2.24, 2.45) is 0 Å². The van der Waals surface area contributed by atoms with Crippen molar-refractivity contribution in [2.45, 2.75) is 72.6 Å². The first-order chi connectivity index (χ1) is 8.85. The number of hydrogen-bond donors (Lipinski definition) is 1. The Morgan fingerprint density at radius 1 is 1.37 bits per heavy atom. The third-order valence-corrected chi connectivity index (χ3v) is 3.39.